The minimum absolute atomic E-state index is 0.00336. The van der Waals surface area contributed by atoms with Crippen LogP contribution in [0.5, 0.6) is 0 Å². The van der Waals surface area contributed by atoms with E-state index in [1.54, 1.807) is 4.90 Å². The van der Waals surface area contributed by atoms with Gasteiger partial charge in [0.2, 0.25) is 0 Å². The van der Waals surface area contributed by atoms with Crippen molar-refractivity contribution in [3.05, 3.63) is 0 Å². The lowest BCUT2D eigenvalue weighted by molar-refractivity contribution is 0.177. The normalized spacial score (nSPS) is 30.1. The highest BCUT2D eigenvalue weighted by molar-refractivity contribution is 7.91. The van der Waals surface area contributed by atoms with Crippen molar-refractivity contribution in [3.63, 3.8) is 0 Å². The highest BCUT2D eigenvalue weighted by Crippen LogP contribution is 2.19. The number of nitrogens with one attached hydrogen (secondary N) is 1. The average molecular weight is 338 g/mol. The summed E-state index contributed by atoms with van der Waals surface area (Å²) in [5, 5.41) is 2.74. The lowest BCUT2D eigenvalue weighted by atomic mass is 10.2. The fourth-order valence-corrected chi connectivity index (χ4v) is 6.28. The van der Waals surface area contributed by atoms with Crippen LogP contribution in [0, 0.1) is 0 Å². The van der Waals surface area contributed by atoms with Crippen LogP contribution in [0.25, 0.3) is 0 Å². The third kappa shape index (κ3) is 4.32. The van der Waals surface area contributed by atoms with Crippen molar-refractivity contribution < 1.29 is 21.6 Å². The van der Waals surface area contributed by atoms with Gasteiger partial charge in [0.05, 0.1) is 23.0 Å². The summed E-state index contributed by atoms with van der Waals surface area (Å²) in [5.41, 5.74) is 0. The van der Waals surface area contributed by atoms with Crippen LogP contribution < -0.4 is 5.32 Å². The molecule has 0 bridgehead atoms. The molecule has 0 aromatic carbocycles. The van der Waals surface area contributed by atoms with Crippen LogP contribution in [0.2, 0.25) is 0 Å². The van der Waals surface area contributed by atoms with E-state index in [2.05, 4.69) is 5.32 Å². The van der Waals surface area contributed by atoms with E-state index < -0.39 is 19.7 Å². The molecule has 2 atom stereocenters. The first-order valence-corrected chi connectivity index (χ1v) is 10.8. The number of urea groups is 1. The van der Waals surface area contributed by atoms with E-state index in [4.69, 9.17) is 0 Å². The van der Waals surface area contributed by atoms with E-state index in [-0.39, 0.29) is 41.1 Å². The summed E-state index contributed by atoms with van der Waals surface area (Å²) < 4.78 is 46.0. The second-order valence-corrected chi connectivity index (χ2v) is 10.3. The molecule has 2 rings (SSSR count). The lowest BCUT2D eigenvalue weighted by Gasteiger charge is -2.29. The molecule has 7 nitrogen and oxygen atoms in total. The van der Waals surface area contributed by atoms with Gasteiger partial charge in [0.25, 0.3) is 0 Å². The van der Waals surface area contributed by atoms with Gasteiger partial charge >= 0.3 is 6.03 Å². The molecule has 0 aliphatic carbocycles. The zero-order valence-corrected chi connectivity index (χ0v) is 13.7. The number of rotatable bonds is 4. The standard InChI is InChI=1S/C12H22N2O5S2/c1-2-5-14(11-4-7-21(18,19)9-11)12(15)13-10-3-6-20(16,17)8-10/h10-11H,2-9H2,1H3,(H,13,15). The van der Waals surface area contributed by atoms with Gasteiger partial charge in [0, 0.05) is 18.6 Å². The number of carbonyl (C=O) groups excluding carboxylic acids is 1. The van der Waals surface area contributed by atoms with E-state index in [1.807, 2.05) is 6.92 Å². The molecule has 122 valence electrons. The van der Waals surface area contributed by atoms with Crippen molar-refractivity contribution >= 4 is 25.7 Å². The summed E-state index contributed by atoms with van der Waals surface area (Å²) in [6.07, 6.45) is 1.61. The maximum Gasteiger partial charge on any atom is 0.317 e. The summed E-state index contributed by atoms with van der Waals surface area (Å²) in [6.45, 7) is 2.40. The van der Waals surface area contributed by atoms with E-state index in [1.165, 1.54) is 0 Å². The molecule has 2 aliphatic heterocycles. The maximum atomic E-state index is 12.3. The molecule has 2 heterocycles. The number of carbonyl (C=O) groups is 1. The van der Waals surface area contributed by atoms with Crippen LogP contribution in [-0.4, -0.2) is 69.4 Å². The van der Waals surface area contributed by atoms with Crippen LogP contribution in [0.3, 0.4) is 0 Å². The molecular weight excluding hydrogens is 316 g/mol. The largest absolute Gasteiger partial charge is 0.334 e. The molecule has 2 unspecified atom stereocenters. The van der Waals surface area contributed by atoms with Gasteiger partial charge in [-0.1, -0.05) is 6.92 Å². The number of sulfone groups is 2. The molecule has 2 amide bonds. The van der Waals surface area contributed by atoms with Gasteiger partial charge in [-0.05, 0) is 19.3 Å². The highest BCUT2D eigenvalue weighted by Gasteiger charge is 2.36. The summed E-state index contributed by atoms with van der Waals surface area (Å²) in [6, 6.07) is -1.01. The Labute approximate surface area is 125 Å². The zero-order valence-electron chi connectivity index (χ0n) is 12.1. The fraction of sp³-hybridized carbons (Fsp3) is 0.917. The van der Waals surface area contributed by atoms with Crippen molar-refractivity contribution in [2.75, 3.05) is 29.6 Å². The van der Waals surface area contributed by atoms with E-state index in [9.17, 15) is 21.6 Å². The minimum Gasteiger partial charge on any atom is -0.334 e. The second kappa shape index (κ2) is 6.12. The molecule has 21 heavy (non-hydrogen) atoms. The third-order valence-electron chi connectivity index (χ3n) is 3.93. The predicted molar refractivity (Wildman–Crippen MR) is 79.6 cm³/mol. The minimum atomic E-state index is -3.06. The molecule has 1 N–H and O–H groups in total. The first-order chi connectivity index (χ1) is 9.72. The summed E-state index contributed by atoms with van der Waals surface area (Å²) in [7, 11) is -6.10. The number of amides is 2. The van der Waals surface area contributed by atoms with Gasteiger partial charge in [-0.2, -0.15) is 0 Å². The molecule has 0 saturated carbocycles. The molecule has 0 aromatic heterocycles. The fourth-order valence-electron chi connectivity index (χ4n) is 2.88. The second-order valence-electron chi connectivity index (χ2n) is 5.80. The van der Waals surface area contributed by atoms with Gasteiger partial charge in [-0.25, -0.2) is 21.6 Å². The van der Waals surface area contributed by atoms with Crippen LogP contribution >= 0.6 is 0 Å². The highest BCUT2D eigenvalue weighted by atomic mass is 32.2. The monoisotopic (exact) mass is 338 g/mol. The first-order valence-electron chi connectivity index (χ1n) is 7.20. The molecular formula is C12H22N2O5S2. The maximum absolute atomic E-state index is 12.3. The lowest BCUT2D eigenvalue weighted by Crippen LogP contribution is -2.50. The van der Waals surface area contributed by atoms with Crippen molar-refractivity contribution in [1.29, 1.82) is 0 Å². The summed E-state index contributed by atoms with van der Waals surface area (Å²) in [5.74, 6) is 0.192. The summed E-state index contributed by atoms with van der Waals surface area (Å²) >= 11 is 0. The van der Waals surface area contributed by atoms with E-state index in [0.29, 0.717) is 19.4 Å². The Morgan fingerprint density at radius 1 is 1.10 bits per heavy atom. The van der Waals surface area contributed by atoms with E-state index in [0.717, 1.165) is 6.42 Å². The third-order valence-corrected chi connectivity index (χ3v) is 7.45. The van der Waals surface area contributed by atoms with Crippen molar-refractivity contribution in [2.45, 2.75) is 38.3 Å². The average Bonchev–Trinajstić information content (AvgIpc) is 2.88. The number of hydrogen-bond donors (Lipinski definition) is 1. The number of hydrogen-bond acceptors (Lipinski definition) is 5. The van der Waals surface area contributed by atoms with Crippen molar-refractivity contribution in [2.24, 2.45) is 0 Å². The van der Waals surface area contributed by atoms with Gasteiger partial charge in [0.15, 0.2) is 19.7 Å². The zero-order chi connectivity index (χ0) is 15.7. The van der Waals surface area contributed by atoms with Gasteiger partial charge in [-0.15, -0.1) is 0 Å². The molecule has 2 saturated heterocycles. The van der Waals surface area contributed by atoms with Gasteiger partial charge in [0.1, 0.15) is 0 Å². The Hall–Kier alpha value is -0.830. The van der Waals surface area contributed by atoms with Gasteiger partial charge < -0.3 is 10.2 Å². The Balaban J connectivity index is 2.00. The predicted octanol–water partition coefficient (Wildman–Crippen LogP) is -0.218. The SMILES string of the molecule is CCCN(C(=O)NC1CCS(=O)(=O)C1)C1CCS(=O)(=O)C1. The summed E-state index contributed by atoms with van der Waals surface area (Å²) in [4.78, 5) is 13.9. The molecule has 2 fully saturated rings. The van der Waals surface area contributed by atoms with Crippen molar-refractivity contribution in [1.82, 2.24) is 10.2 Å². The van der Waals surface area contributed by atoms with Crippen LogP contribution in [0.4, 0.5) is 4.79 Å². The van der Waals surface area contributed by atoms with Crippen molar-refractivity contribution in [3.8, 4) is 0 Å². The quantitative estimate of drug-likeness (QED) is 0.764. The topological polar surface area (TPSA) is 101 Å². The smallest absolute Gasteiger partial charge is 0.317 e. The Kier molecular flexibility index (Phi) is 4.82. The molecule has 0 aromatic rings. The van der Waals surface area contributed by atoms with Gasteiger partial charge in [-0.3, -0.25) is 0 Å². The number of nitrogens with zero attached hydrogens (tertiary/aromatic N) is 1. The Morgan fingerprint density at radius 2 is 1.71 bits per heavy atom. The Bertz CT molecular complexity index is 599. The van der Waals surface area contributed by atoms with Crippen LogP contribution in [0.1, 0.15) is 26.2 Å². The first kappa shape index (κ1) is 16.5. The van der Waals surface area contributed by atoms with E-state index >= 15 is 0 Å². The van der Waals surface area contributed by atoms with Crippen LogP contribution in [0.15, 0.2) is 0 Å². The molecule has 0 spiro atoms. The molecule has 2 aliphatic rings. The van der Waals surface area contributed by atoms with Crippen LogP contribution in [-0.2, 0) is 19.7 Å². The molecule has 0 radical (unpaired) electrons. The molecule has 9 heteroatoms. The Morgan fingerprint density at radius 3 is 2.19 bits per heavy atom.